The highest BCUT2D eigenvalue weighted by Gasteiger charge is 2.30. The van der Waals surface area contributed by atoms with E-state index in [0.717, 1.165) is 18.5 Å². The molecule has 1 saturated heterocycles. The van der Waals surface area contributed by atoms with Crippen LogP contribution >= 0.6 is 0 Å². The van der Waals surface area contributed by atoms with E-state index in [-0.39, 0.29) is 17.6 Å². The van der Waals surface area contributed by atoms with Crippen molar-refractivity contribution in [3.05, 3.63) is 35.9 Å². The zero-order valence-corrected chi connectivity index (χ0v) is 16.7. The summed E-state index contributed by atoms with van der Waals surface area (Å²) in [5.74, 6) is 0.110. The number of carbonyl (C=O) groups is 1. The van der Waals surface area contributed by atoms with E-state index in [0.29, 0.717) is 38.9 Å². The zero-order valence-electron chi connectivity index (χ0n) is 15.9. The summed E-state index contributed by atoms with van der Waals surface area (Å²) in [6.07, 6.45) is 2.65. The molecule has 0 aromatic heterocycles. The predicted octanol–water partition coefficient (Wildman–Crippen LogP) is 1.34. The molecule has 0 unspecified atom stereocenters. The molecule has 1 aromatic carbocycles. The first-order valence-corrected chi connectivity index (χ1v) is 10.9. The van der Waals surface area contributed by atoms with Crippen LogP contribution in [0.25, 0.3) is 0 Å². The molecule has 146 valence electrons. The van der Waals surface area contributed by atoms with Gasteiger partial charge in [-0.25, -0.2) is 12.7 Å². The molecular weight excluding hydrogens is 350 g/mol. The molecule has 2 rings (SSSR count). The van der Waals surface area contributed by atoms with Gasteiger partial charge in [0.05, 0.1) is 5.75 Å². The second-order valence-corrected chi connectivity index (χ2v) is 9.26. The molecule has 1 aliphatic rings. The van der Waals surface area contributed by atoms with Crippen molar-refractivity contribution in [3.63, 3.8) is 0 Å². The Labute approximate surface area is 157 Å². The fourth-order valence-corrected chi connectivity index (χ4v) is 4.69. The smallest absolute Gasteiger partial charge is 0.223 e. The quantitative estimate of drug-likeness (QED) is 0.656. The van der Waals surface area contributed by atoms with Crippen LogP contribution in [0, 0.1) is 5.92 Å². The predicted molar refractivity (Wildman–Crippen MR) is 104 cm³/mol. The third-order valence-electron chi connectivity index (χ3n) is 4.79. The van der Waals surface area contributed by atoms with Crippen LogP contribution in [0.3, 0.4) is 0 Å². The van der Waals surface area contributed by atoms with E-state index >= 15 is 0 Å². The number of nitrogens with zero attached hydrogens (tertiary/aromatic N) is 2. The minimum absolute atomic E-state index is 0.0603. The molecule has 1 N–H and O–H groups in total. The average Bonchev–Trinajstić information content (AvgIpc) is 2.64. The lowest BCUT2D eigenvalue weighted by atomic mass is 9.97. The Kier molecular flexibility index (Phi) is 8.06. The molecule has 0 bridgehead atoms. The van der Waals surface area contributed by atoms with Gasteiger partial charge < -0.3 is 10.2 Å². The monoisotopic (exact) mass is 381 g/mol. The van der Waals surface area contributed by atoms with Gasteiger partial charge in [0, 0.05) is 25.6 Å². The van der Waals surface area contributed by atoms with Gasteiger partial charge in [-0.3, -0.25) is 4.79 Å². The summed E-state index contributed by atoms with van der Waals surface area (Å²) < 4.78 is 26.6. The SMILES string of the molecule is CN(C)CCCNC(=O)C1CCN(S(=O)(=O)CCc2ccccc2)CC1. The highest BCUT2D eigenvalue weighted by atomic mass is 32.2. The molecule has 1 aromatic rings. The van der Waals surface area contributed by atoms with Crippen LogP contribution in [0.2, 0.25) is 0 Å². The lowest BCUT2D eigenvalue weighted by molar-refractivity contribution is -0.126. The van der Waals surface area contributed by atoms with Gasteiger partial charge in [-0.05, 0) is 51.9 Å². The first-order valence-electron chi connectivity index (χ1n) is 9.32. The minimum Gasteiger partial charge on any atom is -0.356 e. The molecule has 1 heterocycles. The maximum atomic E-state index is 12.5. The maximum Gasteiger partial charge on any atom is 0.223 e. The molecule has 26 heavy (non-hydrogen) atoms. The van der Waals surface area contributed by atoms with Crippen LogP contribution in [0.5, 0.6) is 0 Å². The molecular formula is C19H31N3O3S. The van der Waals surface area contributed by atoms with Gasteiger partial charge in [0.2, 0.25) is 15.9 Å². The Morgan fingerprint density at radius 3 is 2.46 bits per heavy atom. The normalized spacial score (nSPS) is 16.7. The van der Waals surface area contributed by atoms with Crippen LogP contribution in [-0.2, 0) is 21.2 Å². The highest BCUT2D eigenvalue weighted by molar-refractivity contribution is 7.89. The van der Waals surface area contributed by atoms with Gasteiger partial charge in [0.1, 0.15) is 0 Å². The molecule has 0 atom stereocenters. The minimum atomic E-state index is -3.26. The van der Waals surface area contributed by atoms with Crippen molar-refractivity contribution in [3.8, 4) is 0 Å². The van der Waals surface area contributed by atoms with Gasteiger partial charge in [0.15, 0.2) is 0 Å². The number of nitrogens with one attached hydrogen (secondary N) is 1. The molecule has 1 amide bonds. The van der Waals surface area contributed by atoms with Crippen LogP contribution in [0.15, 0.2) is 30.3 Å². The van der Waals surface area contributed by atoms with Gasteiger partial charge >= 0.3 is 0 Å². The average molecular weight is 382 g/mol. The Morgan fingerprint density at radius 1 is 1.19 bits per heavy atom. The molecule has 1 aliphatic heterocycles. The standard InChI is InChI=1S/C19H31N3O3S/c1-21(2)13-6-12-20-19(23)18-9-14-22(15-10-18)26(24,25)16-11-17-7-4-3-5-8-17/h3-5,7-8,18H,6,9-16H2,1-2H3,(H,20,23). The fraction of sp³-hybridized carbons (Fsp3) is 0.632. The fourth-order valence-electron chi connectivity index (χ4n) is 3.17. The Balaban J connectivity index is 1.73. The van der Waals surface area contributed by atoms with Gasteiger partial charge in [-0.1, -0.05) is 30.3 Å². The number of amides is 1. The van der Waals surface area contributed by atoms with Crippen molar-refractivity contribution < 1.29 is 13.2 Å². The largest absolute Gasteiger partial charge is 0.356 e. The van der Waals surface area contributed by atoms with Crippen molar-refractivity contribution >= 4 is 15.9 Å². The van der Waals surface area contributed by atoms with Crippen LogP contribution in [0.4, 0.5) is 0 Å². The van der Waals surface area contributed by atoms with Crippen LogP contribution < -0.4 is 5.32 Å². The van der Waals surface area contributed by atoms with Gasteiger partial charge in [-0.2, -0.15) is 0 Å². The zero-order chi connectivity index (χ0) is 19.0. The highest BCUT2D eigenvalue weighted by Crippen LogP contribution is 2.20. The summed E-state index contributed by atoms with van der Waals surface area (Å²) in [5, 5.41) is 2.97. The molecule has 6 nitrogen and oxygen atoms in total. The number of aryl methyl sites for hydroxylation is 1. The summed E-state index contributed by atoms with van der Waals surface area (Å²) in [6, 6.07) is 9.66. The van der Waals surface area contributed by atoms with Crippen molar-refractivity contribution in [1.29, 1.82) is 0 Å². The third kappa shape index (κ3) is 6.70. The third-order valence-corrected chi connectivity index (χ3v) is 6.66. The Morgan fingerprint density at radius 2 is 1.85 bits per heavy atom. The maximum absolute atomic E-state index is 12.5. The van der Waals surface area contributed by atoms with E-state index in [1.807, 2.05) is 44.4 Å². The Hall–Kier alpha value is -1.44. The van der Waals surface area contributed by atoms with E-state index < -0.39 is 10.0 Å². The van der Waals surface area contributed by atoms with Crippen molar-refractivity contribution in [2.45, 2.75) is 25.7 Å². The molecule has 0 aliphatic carbocycles. The summed E-state index contributed by atoms with van der Waals surface area (Å²) in [5.41, 5.74) is 1.03. The number of rotatable bonds is 9. The number of piperidine rings is 1. The van der Waals surface area contributed by atoms with E-state index in [1.165, 1.54) is 0 Å². The summed E-state index contributed by atoms with van der Waals surface area (Å²) in [6.45, 7) is 2.49. The van der Waals surface area contributed by atoms with Crippen molar-refractivity contribution in [2.24, 2.45) is 5.92 Å². The summed E-state index contributed by atoms with van der Waals surface area (Å²) in [7, 11) is 0.754. The van der Waals surface area contributed by atoms with E-state index in [9.17, 15) is 13.2 Å². The number of hydrogen-bond donors (Lipinski definition) is 1. The first-order chi connectivity index (χ1) is 12.4. The van der Waals surface area contributed by atoms with Crippen LogP contribution in [0.1, 0.15) is 24.8 Å². The molecule has 1 fully saturated rings. The van der Waals surface area contributed by atoms with Gasteiger partial charge in [-0.15, -0.1) is 0 Å². The molecule has 0 spiro atoms. The lowest BCUT2D eigenvalue weighted by Gasteiger charge is -2.30. The van der Waals surface area contributed by atoms with E-state index in [4.69, 9.17) is 0 Å². The number of carbonyl (C=O) groups excluding carboxylic acids is 1. The second-order valence-electron chi connectivity index (χ2n) is 7.17. The lowest BCUT2D eigenvalue weighted by Crippen LogP contribution is -2.44. The number of benzene rings is 1. The van der Waals surface area contributed by atoms with E-state index in [1.54, 1.807) is 4.31 Å². The summed E-state index contributed by atoms with van der Waals surface area (Å²) in [4.78, 5) is 14.3. The summed E-state index contributed by atoms with van der Waals surface area (Å²) >= 11 is 0. The Bertz CT molecular complexity index is 654. The topological polar surface area (TPSA) is 69.7 Å². The van der Waals surface area contributed by atoms with Crippen molar-refractivity contribution in [2.75, 3.05) is 46.0 Å². The molecule has 0 saturated carbocycles. The van der Waals surface area contributed by atoms with Gasteiger partial charge in [0.25, 0.3) is 0 Å². The molecule has 7 heteroatoms. The number of hydrogen-bond acceptors (Lipinski definition) is 4. The molecule has 0 radical (unpaired) electrons. The number of sulfonamides is 1. The van der Waals surface area contributed by atoms with E-state index in [2.05, 4.69) is 10.2 Å². The van der Waals surface area contributed by atoms with Crippen LogP contribution in [-0.4, -0.2) is 69.6 Å². The van der Waals surface area contributed by atoms with Crippen molar-refractivity contribution in [1.82, 2.24) is 14.5 Å². The first kappa shape index (κ1) is 20.9. The second kappa shape index (κ2) is 10.0.